The van der Waals surface area contributed by atoms with Crippen LogP contribution < -0.4 is 32.3 Å². The van der Waals surface area contributed by atoms with Crippen LogP contribution in [0.15, 0.2) is 36.4 Å². The molecule has 19 nitrogen and oxygen atoms in total. The summed E-state index contributed by atoms with van der Waals surface area (Å²) < 4.78 is 27.0. The highest BCUT2D eigenvalue weighted by atomic mass is 16.6. The first-order chi connectivity index (χ1) is 26.9. The maximum atomic E-state index is 13.3. The highest BCUT2D eigenvalue weighted by Crippen LogP contribution is 2.13. The molecule has 314 valence electrons. The summed E-state index contributed by atoms with van der Waals surface area (Å²) in [4.78, 5) is 75.5. The van der Waals surface area contributed by atoms with E-state index < -0.39 is 42.1 Å². The summed E-state index contributed by atoms with van der Waals surface area (Å²) >= 11 is 0. The van der Waals surface area contributed by atoms with Crippen molar-refractivity contribution in [3.63, 3.8) is 0 Å². The molecule has 1 unspecified atom stereocenters. The SMILES string of the molecule is COC1C=CC(=O)N1CCC(=O)NCCOCCOCCOCCOCCC(=O)N[C@H](C(=O)N[C@@H](CCCNC(N)=O)C(=O)Nc1ccc(CO)cc1)C(C)C. The van der Waals surface area contributed by atoms with E-state index >= 15 is 0 Å². The Morgan fingerprint density at radius 3 is 2.02 bits per heavy atom. The largest absolute Gasteiger partial charge is 0.392 e. The van der Waals surface area contributed by atoms with Gasteiger partial charge in [0.1, 0.15) is 12.1 Å². The topological polar surface area (TPSA) is 258 Å². The van der Waals surface area contributed by atoms with E-state index in [4.69, 9.17) is 29.4 Å². The molecule has 8 N–H and O–H groups in total. The second-order valence-electron chi connectivity index (χ2n) is 12.9. The first-order valence-corrected chi connectivity index (χ1v) is 18.7. The third-order valence-corrected chi connectivity index (χ3v) is 8.24. The second-order valence-corrected chi connectivity index (χ2v) is 12.9. The summed E-state index contributed by atoms with van der Waals surface area (Å²) in [5, 5.41) is 22.7. The number of hydrogen-bond acceptors (Lipinski definition) is 12. The monoisotopic (exact) mass is 793 g/mol. The quantitative estimate of drug-likeness (QED) is 0.0488. The van der Waals surface area contributed by atoms with Gasteiger partial charge in [0, 0.05) is 51.3 Å². The Hall–Kier alpha value is -4.66. The first-order valence-electron chi connectivity index (χ1n) is 18.7. The van der Waals surface area contributed by atoms with Gasteiger partial charge in [-0.05, 0) is 42.5 Å². The van der Waals surface area contributed by atoms with Crippen molar-refractivity contribution in [1.82, 2.24) is 26.2 Å². The normalized spacial score (nSPS) is 14.7. The number of nitrogens with two attached hydrogens (primary N) is 1. The molecule has 1 heterocycles. The molecular formula is C37H59N7O12. The van der Waals surface area contributed by atoms with E-state index in [-0.39, 0.29) is 76.5 Å². The third-order valence-electron chi connectivity index (χ3n) is 8.24. The van der Waals surface area contributed by atoms with Gasteiger partial charge >= 0.3 is 6.03 Å². The van der Waals surface area contributed by atoms with Gasteiger partial charge in [-0.15, -0.1) is 0 Å². The molecule has 2 rings (SSSR count). The predicted octanol–water partition coefficient (Wildman–Crippen LogP) is -0.475. The van der Waals surface area contributed by atoms with Gasteiger partial charge in [0.2, 0.25) is 29.5 Å². The van der Waals surface area contributed by atoms with Crippen molar-refractivity contribution in [2.24, 2.45) is 11.7 Å². The summed E-state index contributed by atoms with van der Waals surface area (Å²) in [5.74, 6) is -2.09. The molecule has 0 saturated carbocycles. The summed E-state index contributed by atoms with van der Waals surface area (Å²) in [6.45, 7) is 6.52. The number of rotatable bonds is 30. The molecule has 3 atom stereocenters. The number of hydrogen-bond donors (Lipinski definition) is 7. The van der Waals surface area contributed by atoms with E-state index in [1.807, 2.05) is 0 Å². The number of amides is 7. The zero-order valence-corrected chi connectivity index (χ0v) is 32.5. The standard InChI is InChI=1S/C37H59N7O12/c1-26(2)34(36(50)42-29(5-4-14-40-37(38)51)35(49)41-28-8-6-27(25-45)7-9-28)43-31(47)13-17-53-19-21-55-23-24-56-22-20-54-18-15-39-30(46)12-16-44-32(48)10-11-33(44)52-3/h6-11,26,29,33-34,45H,4-5,12-25H2,1-3H3,(H,39,46)(H,41,49)(H,42,50)(H,43,47)(H3,38,40,51)/t29-,33?,34-/m0/s1. The number of primary amides is 1. The second kappa shape index (κ2) is 27.8. The molecule has 56 heavy (non-hydrogen) atoms. The highest BCUT2D eigenvalue weighted by molar-refractivity contribution is 5.98. The Morgan fingerprint density at radius 1 is 0.804 bits per heavy atom. The molecular weight excluding hydrogens is 734 g/mol. The molecule has 0 saturated heterocycles. The Bertz CT molecular complexity index is 1400. The van der Waals surface area contributed by atoms with Crippen LogP contribution >= 0.6 is 0 Å². The molecule has 0 spiro atoms. The maximum Gasteiger partial charge on any atom is 0.312 e. The van der Waals surface area contributed by atoms with Crippen LogP contribution in [0.1, 0.15) is 45.1 Å². The van der Waals surface area contributed by atoms with Crippen LogP contribution in [0.4, 0.5) is 10.5 Å². The van der Waals surface area contributed by atoms with Crippen molar-refractivity contribution in [3.8, 4) is 0 Å². The zero-order valence-electron chi connectivity index (χ0n) is 32.5. The number of carbonyl (C=O) groups excluding carboxylic acids is 6. The van der Waals surface area contributed by atoms with Crippen LogP contribution in [-0.2, 0) is 54.3 Å². The van der Waals surface area contributed by atoms with Gasteiger partial charge in [0.05, 0.1) is 59.5 Å². The maximum absolute atomic E-state index is 13.3. The lowest BCUT2D eigenvalue weighted by Gasteiger charge is -2.25. The smallest absolute Gasteiger partial charge is 0.312 e. The lowest BCUT2D eigenvalue weighted by Crippen LogP contribution is -2.54. The molecule has 1 aliphatic rings. The summed E-state index contributed by atoms with van der Waals surface area (Å²) in [6.07, 6.45) is 3.32. The van der Waals surface area contributed by atoms with Crippen molar-refractivity contribution in [1.29, 1.82) is 0 Å². The average molecular weight is 794 g/mol. The molecule has 1 aliphatic heterocycles. The number of benzene rings is 1. The van der Waals surface area contributed by atoms with E-state index in [0.29, 0.717) is 57.3 Å². The average Bonchev–Trinajstić information content (AvgIpc) is 3.54. The minimum Gasteiger partial charge on any atom is -0.392 e. The van der Waals surface area contributed by atoms with E-state index in [2.05, 4.69) is 26.6 Å². The molecule has 1 aromatic rings. The number of anilines is 1. The Labute approximate surface area is 327 Å². The fourth-order valence-corrected chi connectivity index (χ4v) is 5.18. The van der Waals surface area contributed by atoms with Gasteiger partial charge in [0.25, 0.3) is 0 Å². The van der Waals surface area contributed by atoms with Crippen molar-refractivity contribution in [2.75, 3.05) is 84.9 Å². The molecule has 0 fully saturated rings. The van der Waals surface area contributed by atoms with Crippen LogP contribution in [0.5, 0.6) is 0 Å². The lowest BCUT2D eigenvalue weighted by atomic mass is 10.0. The molecule has 19 heteroatoms. The Balaban J connectivity index is 1.56. The van der Waals surface area contributed by atoms with Crippen molar-refractivity contribution in [3.05, 3.63) is 42.0 Å². The summed E-state index contributed by atoms with van der Waals surface area (Å²) in [6, 6.07) is 3.98. The molecule has 7 amide bonds. The molecule has 0 aromatic heterocycles. The minimum absolute atomic E-state index is 0.00195. The number of methoxy groups -OCH3 is 1. The third kappa shape index (κ3) is 19.8. The summed E-state index contributed by atoms with van der Waals surface area (Å²) in [5.41, 5.74) is 6.27. The zero-order chi connectivity index (χ0) is 41.1. The minimum atomic E-state index is -0.976. The number of urea groups is 1. The highest BCUT2D eigenvalue weighted by Gasteiger charge is 2.29. The van der Waals surface area contributed by atoms with Crippen molar-refractivity contribution < 1.29 is 57.6 Å². The molecule has 0 bridgehead atoms. The molecule has 0 radical (unpaired) electrons. The van der Waals surface area contributed by atoms with Crippen LogP contribution in [0, 0.1) is 5.92 Å². The number of carbonyl (C=O) groups is 6. The van der Waals surface area contributed by atoms with E-state index in [1.54, 1.807) is 44.2 Å². The van der Waals surface area contributed by atoms with Crippen LogP contribution in [0.2, 0.25) is 0 Å². The Kier molecular flexibility index (Phi) is 23.6. The van der Waals surface area contributed by atoms with E-state index in [9.17, 15) is 33.9 Å². The van der Waals surface area contributed by atoms with E-state index in [0.717, 1.165) is 0 Å². The van der Waals surface area contributed by atoms with Crippen LogP contribution in [0.3, 0.4) is 0 Å². The van der Waals surface area contributed by atoms with Crippen molar-refractivity contribution >= 4 is 41.3 Å². The van der Waals surface area contributed by atoms with Gasteiger partial charge in [-0.2, -0.15) is 0 Å². The van der Waals surface area contributed by atoms with Gasteiger partial charge < -0.3 is 66.0 Å². The fraction of sp³-hybridized carbons (Fsp3) is 0.622. The van der Waals surface area contributed by atoms with Crippen LogP contribution in [0.25, 0.3) is 0 Å². The number of nitrogens with zero attached hydrogens (tertiary/aromatic N) is 1. The molecule has 1 aromatic carbocycles. The van der Waals surface area contributed by atoms with E-state index in [1.165, 1.54) is 18.1 Å². The number of nitrogens with one attached hydrogen (secondary N) is 5. The lowest BCUT2D eigenvalue weighted by molar-refractivity contribution is -0.133. The Morgan fingerprint density at radius 2 is 1.43 bits per heavy atom. The number of aliphatic hydroxyl groups is 1. The van der Waals surface area contributed by atoms with Gasteiger partial charge in [-0.3, -0.25) is 24.0 Å². The number of ether oxygens (including phenoxy) is 5. The predicted molar refractivity (Wildman–Crippen MR) is 204 cm³/mol. The molecule has 0 aliphatic carbocycles. The van der Waals surface area contributed by atoms with Gasteiger partial charge in [0.15, 0.2) is 6.23 Å². The first kappa shape index (κ1) is 47.5. The van der Waals surface area contributed by atoms with Crippen molar-refractivity contribution in [2.45, 2.75) is 64.4 Å². The summed E-state index contributed by atoms with van der Waals surface area (Å²) in [7, 11) is 1.50. The van der Waals surface area contributed by atoms with Gasteiger partial charge in [-0.1, -0.05) is 26.0 Å². The number of aliphatic hydroxyl groups excluding tert-OH is 1. The fourth-order valence-electron chi connectivity index (χ4n) is 5.18. The van der Waals surface area contributed by atoms with Crippen LogP contribution in [-0.4, -0.2) is 143 Å². The van der Waals surface area contributed by atoms with Gasteiger partial charge in [-0.25, -0.2) is 4.79 Å².